The molecule has 0 aliphatic heterocycles. The predicted molar refractivity (Wildman–Crippen MR) is 88.5 cm³/mol. The molecule has 3 rings (SSSR count). The minimum absolute atomic E-state index is 0.275. The summed E-state index contributed by atoms with van der Waals surface area (Å²) in [6, 6.07) is 17.6. The number of thiophene rings is 1. The number of nitrogens with one attached hydrogen (secondary N) is 1. The van der Waals surface area contributed by atoms with Crippen LogP contribution < -0.4 is 5.32 Å². The molecule has 0 aliphatic carbocycles. The lowest BCUT2D eigenvalue weighted by Crippen LogP contribution is -2.22. The van der Waals surface area contributed by atoms with Gasteiger partial charge >= 0.3 is 0 Å². The standard InChI is InChI=1S/C18H19NS/c1-3-19-18(14-9-5-4-8-13(14)2)16-12-20-17-11-7-6-10-15(16)17/h4-12,18-19H,3H2,1-2H3. The molecule has 0 saturated heterocycles. The molecule has 1 heterocycles. The monoisotopic (exact) mass is 281 g/mol. The quantitative estimate of drug-likeness (QED) is 0.716. The van der Waals surface area contributed by atoms with Crippen LogP contribution in [0.5, 0.6) is 0 Å². The Bertz CT molecular complexity index is 714. The van der Waals surface area contributed by atoms with Gasteiger partial charge in [0, 0.05) is 4.70 Å². The predicted octanol–water partition coefficient (Wildman–Crippen LogP) is 4.91. The first kappa shape index (κ1) is 13.3. The van der Waals surface area contributed by atoms with Crippen LogP contribution in [0.4, 0.5) is 0 Å². The lowest BCUT2D eigenvalue weighted by molar-refractivity contribution is 0.633. The average Bonchev–Trinajstić information content (AvgIpc) is 2.90. The van der Waals surface area contributed by atoms with Crippen molar-refractivity contribution in [2.75, 3.05) is 6.54 Å². The molecule has 1 atom stereocenters. The zero-order chi connectivity index (χ0) is 13.9. The fourth-order valence-electron chi connectivity index (χ4n) is 2.72. The molecule has 0 aliphatic rings. The van der Waals surface area contributed by atoms with Crippen molar-refractivity contribution in [2.24, 2.45) is 0 Å². The highest BCUT2D eigenvalue weighted by Gasteiger charge is 2.18. The summed E-state index contributed by atoms with van der Waals surface area (Å²) in [5.74, 6) is 0. The number of hydrogen-bond acceptors (Lipinski definition) is 2. The lowest BCUT2D eigenvalue weighted by Gasteiger charge is -2.20. The van der Waals surface area contributed by atoms with Crippen molar-refractivity contribution in [1.82, 2.24) is 5.32 Å². The second kappa shape index (κ2) is 5.78. The zero-order valence-electron chi connectivity index (χ0n) is 11.9. The highest BCUT2D eigenvalue weighted by Crippen LogP contribution is 2.34. The fourth-order valence-corrected chi connectivity index (χ4v) is 3.71. The Hall–Kier alpha value is -1.64. The van der Waals surface area contributed by atoms with Crippen LogP contribution in [-0.2, 0) is 0 Å². The molecule has 0 spiro atoms. The SMILES string of the molecule is CCNC(c1ccccc1C)c1csc2ccccc12. The van der Waals surface area contributed by atoms with Crippen LogP contribution in [0.15, 0.2) is 53.9 Å². The van der Waals surface area contributed by atoms with Crippen LogP contribution in [0.25, 0.3) is 10.1 Å². The molecule has 0 radical (unpaired) electrons. The Morgan fingerprint density at radius 3 is 2.55 bits per heavy atom. The Morgan fingerprint density at radius 2 is 1.75 bits per heavy atom. The molecule has 0 bridgehead atoms. The summed E-state index contributed by atoms with van der Waals surface area (Å²) < 4.78 is 1.36. The van der Waals surface area contributed by atoms with Crippen LogP contribution in [-0.4, -0.2) is 6.54 Å². The van der Waals surface area contributed by atoms with Crippen LogP contribution in [0, 0.1) is 6.92 Å². The maximum atomic E-state index is 3.64. The Balaban J connectivity index is 2.14. The van der Waals surface area contributed by atoms with Gasteiger partial charge in [0.05, 0.1) is 6.04 Å². The maximum absolute atomic E-state index is 3.64. The lowest BCUT2D eigenvalue weighted by atomic mass is 9.94. The van der Waals surface area contributed by atoms with Gasteiger partial charge in [-0.2, -0.15) is 0 Å². The smallest absolute Gasteiger partial charge is 0.0593 e. The minimum Gasteiger partial charge on any atom is -0.306 e. The maximum Gasteiger partial charge on any atom is 0.0593 e. The summed E-state index contributed by atoms with van der Waals surface area (Å²) in [7, 11) is 0. The van der Waals surface area contributed by atoms with Gasteiger partial charge in [0.15, 0.2) is 0 Å². The van der Waals surface area contributed by atoms with E-state index < -0.39 is 0 Å². The third-order valence-corrected chi connectivity index (χ3v) is 4.71. The number of fused-ring (bicyclic) bond motifs is 1. The number of benzene rings is 2. The molecule has 20 heavy (non-hydrogen) atoms. The van der Waals surface area contributed by atoms with Crippen molar-refractivity contribution < 1.29 is 0 Å². The van der Waals surface area contributed by atoms with E-state index in [0.717, 1.165) is 6.54 Å². The van der Waals surface area contributed by atoms with E-state index in [4.69, 9.17) is 0 Å². The first-order chi connectivity index (χ1) is 9.81. The van der Waals surface area contributed by atoms with Gasteiger partial charge in [0.25, 0.3) is 0 Å². The summed E-state index contributed by atoms with van der Waals surface area (Å²) >= 11 is 1.83. The fraction of sp³-hybridized carbons (Fsp3) is 0.222. The molecule has 0 saturated carbocycles. The van der Waals surface area contributed by atoms with Crippen LogP contribution in [0.3, 0.4) is 0 Å². The van der Waals surface area contributed by atoms with Gasteiger partial charge in [-0.1, -0.05) is 49.4 Å². The van der Waals surface area contributed by atoms with Gasteiger partial charge in [0.2, 0.25) is 0 Å². The Kier molecular flexibility index (Phi) is 3.86. The second-order valence-corrected chi connectivity index (χ2v) is 5.95. The van der Waals surface area contributed by atoms with Crippen molar-refractivity contribution in [1.29, 1.82) is 0 Å². The van der Waals surface area contributed by atoms with E-state index in [9.17, 15) is 0 Å². The summed E-state index contributed by atoms with van der Waals surface area (Å²) in [5, 5.41) is 7.30. The van der Waals surface area contributed by atoms with Crippen molar-refractivity contribution in [3.63, 3.8) is 0 Å². The van der Waals surface area contributed by atoms with Gasteiger partial charge in [-0.05, 0) is 47.0 Å². The summed E-state index contributed by atoms with van der Waals surface area (Å²) in [4.78, 5) is 0. The van der Waals surface area contributed by atoms with Gasteiger partial charge in [-0.25, -0.2) is 0 Å². The number of rotatable bonds is 4. The van der Waals surface area contributed by atoms with E-state index in [-0.39, 0.29) is 6.04 Å². The van der Waals surface area contributed by atoms with Gasteiger partial charge in [-0.15, -0.1) is 11.3 Å². The molecule has 0 fully saturated rings. The Labute approximate surface area is 124 Å². The van der Waals surface area contributed by atoms with E-state index in [1.54, 1.807) is 0 Å². The van der Waals surface area contributed by atoms with E-state index in [1.807, 2.05) is 11.3 Å². The summed E-state index contributed by atoms with van der Waals surface area (Å²) in [5.41, 5.74) is 4.10. The third-order valence-electron chi connectivity index (χ3n) is 3.73. The Morgan fingerprint density at radius 1 is 1.00 bits per heavy atom. The third kappa shape index (κ3) is 2.37. The average molecular weight is 281 g/mol. The molecule has 1 aromatic heterocycles. The molecule has 2 heteroatoms. The van der Waals surface area contributed by atoms with Crippen LogP contribution in [0.2, 0.25) is 0 Å². The number of hydrogen-bond donors (Lipinski definition) is 1. The minimum atomic E-state index is 0.275. The normalized spacial score (nSPS) is 12.7. The van der Waals surface area contributed by atoms with E-state index in [2.05, 4.69) is 73.1 Å². The molecule has 1 unspecified atom stereocenters. The van der Waals surface area contributed by atoms with Crippen molar-refractivity contribution in [2.45, 2.75) is 19.9 Å². The first-order valence-electron chi connectivity index (χ1n) is 7.06. The zero-order valence-corrected chi connectivity index (χ0v) is 12.7. The molecular formula is C18H19NS. The van der Waals surface area contributed by atoms with E-state index >= 15 is 0 Å². The van der Waals surface area contributed by atoms with Crippen LogP contribution >= 0.6 is 11.3 Å². The van der Waals surface area contributed by atoms with Crippen molar-refractivity contribution in [3.05, 3.63) is 70.6 Å². The molecule has 102 valence electrons. The van der Waals surface area contributed by atoms with Gasteiger partial charge in [0.1, 0.15) is 0 Å². The van der Waals surface area contributed by atoms with Crippen LogP contribution in [0.1, 0.15) is 29.7 Å². The highest BCUT2D eigenvalue weighted by atomic mass is 32.1. The number of aryl methyl sites for hydroxylation is 1. The van der Waals surface area contributed by atoms with E-state index in [0.29, 0.717) is 0 Å². The molecule has 0 amide bonds. The largest absolute Gasteiger partial charge is 0.306 e. The molecule has 1 N–H and O–H groups in total. The summed E-state index contributed by atoms with van der Waals surface area (Å²) in [6.07, 6.45) is 0. The molecular weight excluding hydrogens is 262 g/mol. The topological polar surface area (TPSA) is 12.0 Å². The first-order valence-corrected chi connectivity index (χ1v) is 7.94. The molecule has 3 aromatic rings. The van der Waals surface area contributed by atoms with Crippen molar-refractivity contribution in [3.8, 4) is 0 Å². The van der Waals surface area contributed by atoms with Gasteiger partial charge in [-0.3, -0.25) is 0 Å². The second-order valence-electron chi connectivity index (χ2n) is 5.03. The molecule has 2 aromatic carbocycles. The molecule has 1 nitrogen and oxygen atoms in total. The highest BCUT2D eigenvalue weighted by molar-refractivity contribution is 7.17. The van der Waals surface area contributed by atoms with Crippen molar-refractivity contribution >= 4 is 21.4 Å². The summed E-state index contributed by atoms with van der Waals surface area (Å²) in [6.45, 7) is 5.32. The van der Waals surface area contributed by atoms with E-state index in [1.165, 1.54) is 26.8 Å². The van der Waals surface area contributed by atoms with Gasteiger partial charge < -0.3 is 5.32 Å².